The van der Waals surface area contributed by atoms with Gasteiger partial charge >= 0.3 is 0 Å². The predicted octanol–water partition coefficient (Wildman–Crippen LogP) is 4.19. The van der Waals surface area contributed by atoms with Crippen LogP contribution in [0.15, 0.2) is 48.1 Å². The van der Waals surface area contributed by atoms with Crippen LogP contribution in [0.1, 0.15) is 42.3 Å². The van der Waals surface area contributed by atoms with Crippen LogP contribution in [0.2, 0.25) is 0 Å². The lowest BCUT2D eigenvalue weighted by molar-refractivity contribution is 0.680. The Morgan fingerprint density at radius 2 is 2.10 bits per heavy atom. The molecule has 20 heavy (non-hydrogen) atoms. The van der Waals surface area contributed by atoms with Crippen molar-refractivity contribution in [2.75, 3.05) is 0 Å². The van der Waals surface area contributed by atoms with Crippen molar-refractivity contribution in [3.05, 3.63) is 54.4 Å². The lowest BCUT2D eigenvalue weighted by Gasteiger charge is -2.12. The minimum Gasteiger partial charge on any atom is -0.302 e. The molecule has 1 unspecified atom stereocenters. The molecule has 1 aliphatic rings. The van der Waals surface area contributed by atoms with E-state index in [-0.39, 0.29) is 0 Å². The molecule has 1 atom stereocenters. The van der Waals surface area contributed by atoms with Gasteiger partial charge in [0.25, 0.3) is 0 Å². The summed E-state index contributed by atoms with van der Waals surface area (Å²) < 4.78 is 2.22. The molecular formula is C16H19N3S. The number of benzene rings is 1. The van der Waals surface area contributed by atoms with Crippen LogP contribution in [0.4, 0.5) is 0 Å². The summed E-state index contributed by atoms with van der Waals surface area (Å²) in [4.78, 5) is 0. The molecule has 2 aromatic rings. The van der Waals surface area contributed by atoms with E-state index in [1.165, 1.54) is 18.4 Å². The Kier molecular flexibility index (Phi) is 3.92. The van der Waals surface area contributed by atoms with Gasteiger partial charge in [-0.15, -0.1) is 16.8 Å². The Bertz CT molecular complexity index is 587. The Balaban J connectivity index is 1.81. The maximum Gasteiger partial charge on any atom is 0.192 e. The van der Waals surface area contributed by atoms with E-state index in [4.69, 9.17) is 0 Å². The normalized spacial score (nSPS) is 16.1. The molecule has 1 saturated carbocycles. The number of nitrogens with zero attached hydrogens (tertiary/aromatic N) is 3. The summed E-state index contributed by atoms with van der Waals surface area (Å²) in [6.45, 7) is 6.86. The van der Waals surface area contributed by atoms with E-state index < -0.39 is 0 Å². The summed E-state index contributed by atoms with van der Waals surface area (Å²) in [5, 5.41) is 10.2. The van der Waals surface area contributed by atoms with Crippen molar-refractivity contribution in [1.29, 1.82) is 0 Å². The second-order valence-electron chi connectivity index (χ2n) is 5.19. The third-order valence-corrected chi connectivity index (χ3v) is 4.69. The maximum atomic E-state index is 4.39. The topological polar surface area (TPSA) is 30.7 Å². The Morgan fingerprint density at radius 1 is 1.35 bits per heavy atom. The highest BCUT2D eigenvalue weighted by molar-refractivity contribution is 7.99. The zero-order chi connectivity index (χ0) is 13.9. The van der Waals surface area contributed by atoms with Gasteiger partial charge in [0, 0.05) is 17.7 Å². The molecule has 1 heterocycles. The molecule has 1 aromatic heterocycles. The monoisotopic (exact) mass is 285 g/mol. The molecule has 1 aromatic carbocycles. The van der Waals surface area contributed by atoms with E-state index in [9.17, 15) is 0 Å². The SMILES string of the molecule is C=CCn1c(SC(C)c2ccccc2)nnc1C1CC1. The van der Waals surface area contributed by atoms with Crippen LogP contribution in [-0.2, 0) is 6.54 Å². The van der Waals surface area contributed by atoms with E-state index in [1.54, 1.807) is 11.8 Å². The number of allylic oxidation sites excluding steroid dienone is 1. The van der Waals surface area contributed by atoms with E-state index in [1.807, 2.05) is 12.1 Å². The molecule has 0 bridgehead atoms. The molecule has 1 fully saturated rings. The van der Waals surface area contributed by atoms with E-state index >= 15 is 0 Å². The molecule has 0 spiro atoms. The summed E-state index contributed by atoms with van der Waals surface area (Å²) in [6, 6.07) is 10.5. The van der Waals surface area contributed by atoms with Gasteiger partial charge in [0.2, 0.25) is 0 Å². The molecule has 0 N–H and O–H groups in total. The fourth-order valence-electron chi connectivity index (χ4n) is 2.28. The zero-order valence-electron chi connectivity index (χ0n) is 11.7. The Labute approximate surface area is 124 Å². The van der Waals surface area contributed by atoms with Crippen molar-refractivity contribution >= 4 is 11.8 Å². The summed E-state index contributed by atoms with van der Waals surface area (Å²) in [5.74, 6) is 1.75. The quantitative estimate of drug-likeness (QED) is 0.589. The van der Waals surface area contributed by atoms with Gasteiger partial charge in [-0.2, -0.15) is 0 Å². The predicted molar refractivity (Wildman–Crippen MR) is 82.9 cm³/mol. The minimum absolute atomic E-state index is 0.371. The smallest absolute Gasteiger partial charge is 0.192 e. The molecule has 0 amide bonds. The van der Waals surface area contributed by atoms with Gasteiger partial charge in [0.15, 0.2) is 5.16 Å². The largest absolute Gasteiger partial charge is 0.302 e. The van der Waals surface area contributed by atoms with E-state index in [0.717, 1.165) is 17.5 Å². The Hall–Kier alpha value is -1.55. The van der Waals surface area contributed by atoms with Gasteiger partial charge < -0.3 is 4.57 Å². The van der Waals surface area contributed by atoms with Crippen LogP contribution in [0, 0.1) is 0 Å². The second kappa shape index (κ2) is 5.83. The van der Waals surface area contributed by atoms with Gasteiger partial charge in [0.1, 0.15) is 5.82 Å². The first-order chi connectivity index (χ1) is 9.79. The van der Waals surface area contributed by atoms with Crippen molar-refractivity contribution < 1.29 is 0 Å². The molecule has 3 rings (SSSR count). The molecule has 1 aliphatic carbocycles. The van der Waals surface area contributed by atoms with Crippen LogP contribution in [0.5, 0.6) is 0 Å². The second-order valence-corrected chi connectivity index (χ2v) is 6.49. The molecular weight excluding hydrogens is 266 g/mol. The molecule has 3 nitrogen and oxygen atoms in total. The van der Waals surface area contributed by atoms with E-state index in [2.05, 4.69) is 52.5 Å². The van der Waals surface area contributed by atoms with Crippen molar-refractivity contribution in [3.63, 3.8) is 0 Å². The zero-order valence-corrected chi connectivity index (χ0v) is 12.5. The molecule has 0 radical (unpaired) electrons. The van der Waals surface area contributed by atoms with Crippen molar-refractivity contribution in [3.8, 4) is 0 Å². The van der Waals surface area contributed by atoms with Crippen molar-refractivity contribution in [1.82, 2.24) is 14.8 Å². The highest BCUT2D eigenvalue weighted by Crippen LogP contribution is 2.41. The van der Waals surface area contributed by atoms with Crippen molar-refractivity contribution in [2.45, 2.75) is 42.6 Å². The first-order valence-electron chi connectivity index (χ1n) is 7.05. The Morgan fingerprint density at radius 3 is 2.75 bits per heavy atom. The lowest BCUT2D eigenvalue weighted by Crippen LogP contribution is -2.03. The standard InChI is InChI=1S/C16H19N3S/c1-3-11-19-15(14-9-10-14)17-18-16(19)20-12(2)13-7-5-4-6-8-13/h3-8,12,14H,1,9-11H2,2H3. The van der Waals surface area contributed by atoms with Crippen LogP contribution in [0.25, 0.3) is 0 Å². The van der Waals surface area contributed by atoms with Gasteiger partial charge in [-0.3, -0.25) is 0 Å². The van der Waals surface area contributed by atoms with Crippen LogP contribution >= 0.6 is 11.8 Å². The number of rotatable bonds is 6. The molecule has 0 aliphatic heterocycles. The third-order valence-electron chi connectivity index (χ3n) is 3.55. The lowest BCUT2D eigenvalue weighted by atomic mass is 10.2. The third kappa shape index (κ3) is 2.80. The summed E-state index contributed by atoms with van der Waals surface area (Å²) in [6.07, 6.45) is 4.41. The van der Waals surface area contributed by atoms with Crippen molar-refractivity contribution in [2.24, 2.45) is 0 Å². The molecule has 4 heteroatoms. The summed E-state index contributed by atoms with van der Waals surface area (Å²) in [5.41, 5.74) is 1.32. The molecule has 104 valence electrons. The first kappa shape index (κ1) is 13.4. The number of aromatic nitrogens is 3. The highest BCUT2D eigenvalue weighted by Gasteiger charge is 2.30. The minimum atomic E-state index is 0.371. The van der Waals surface area contributed by atoms with Gasteiger partial charge in [-0.25, -0.2) is 0 Å². The fourth-order valence-corrected chi connectivity index (χ4v) is 3.27. The van der Waals surface area contributed by atoms with Crippen LogP contribution in [-0.4, -0.2) is 14.8 Å². The number of thioether (sulfide) groups is 1. The van der Waals surface area contributed by atoms with E-state index in [0.29, 0.717) is 11.2 Å². The van der Waals surface area contributed by atoms with Gasteiger partial charge in [-0.05, 0) is 25.3 Å². The molecule has 0 saturated heterocycles. The average molecular weight is 285 g/mol. The van der Waals surface area contributed by atoms with Gasteiger partial charge in [-0.1, -0.05) is 48.2 Å². The number of hydrogen-bond donors (Lipinski definition) is 0. The fraction of sp³-hybridized carbons (Fsp3) is 0.375. The summed E-state index contributed by atoms with van der Waals surface area (Å²) >= 11 is 1.77. The van der Waals surface area contributed by atoms with Crippen LogP contribution < -0.4 is 0 Å². The van der Waals surface area contributed by atoms with Crippen LogP contribution in [0.3, 0.4) is 0 Å². The highest BCUT2D eigenvalue weighted by atomic mass is 32.2. The summed E-state index contributed by atoms with van der Waals surface area (Å²) in [7, 11) is 0. The maximum absolute atomic E-state index is 4.39. The average Bonchev–Trinajstić information content (AvgIpc) is 3.25. The first-order valence-corrected chi connectivity index (χ1v) is 7.93. The number of hydrogen-bond acceptors (Lipinski definition) is 3. The van der Waals surface area contributed by atoms with Gasteiger partial charge in [0.05, 0.1) is 0 Å².